The van der Waals surface area contributed by atoms with Crippen molar-refractivity contribution in [2.45, 2.75) is 44.6 Å². The summed E-state index contributed by atoms with van der Waals surface area (Å²) in [6.07, 6.45) is 4.17. The van der Waals surface area contributed by atoms with Crippen LogP contribution in [-0.4, -0.2) is 17.6 Å². The van der Waals surface area contributed by atoms with Crippen molar-refractivity contribution in [3.63, 3.8) is 0 Å². The molecule has 0 atom stereocenters. The van der Waals surface area contributed by atoms with Crippen molar-refractivity contribution >= 4 is 5.97 Å². The first-order chi connectivity index (χ1) is 16.0. The van der Waals surface area contributed by atoms with E-state index in [0.717, 1.165) is 40.8 Å². The summed E-state index contributed by atoms with van der Waals surface area (Å²) < 4.78 is 24.8. The molecule has 1 heterocycles. The fraction of sp³-hybridized carbons (Fsp3) is 0.296. The monoisotopic (exact) mass is 444 g/mol. The highest BCUT2D eigenvalue weighted by atomic mass is 19.1. The third-order valence-corrected chi connectivity index (χ3v) is 5.86. The molecule has 1 saturated carbocycles. The van der Waals surface area contributed by atoms with Crippen molar-refractivity contribution in [3.05, 3.63) is 83.4 Å². The van der Waals surface area contributed by atoms with E-state index in [1.54, 1.807) is 25.3 Å². The summed E-state index contributed by atoms with van der Waals surface area (Å²) in [7, 11) is 0. The van der Waals surface area contributed by atoms with Gasteiger partial charge in [0, 0.05) is 12.1 Å². The first-order valence-electron chi connectivity index (χ1n) is 11.1. The summed E-state index contributed by atoms with van der Waals surface area (Å²) >= 11 is 0. The van der Waals surface area contributed by atoms with E-state index >= 15 is 0 Å². The minimum atomic E-state index is -0.331. The lowest BCUT2D eigenvalue weighted by Gasteiger charge is -2.13. The standard InChI is InChI=1S/C27H25FN2O3/c1-2-32-26(31)12-9-23-8-10-24(16-30-23)33-17-20-15-22(28)7-11-25(20)19-3-5-21(6-4-19)27(18-29)13-14-27/h3-8,10-11,15-16H,2,9,12-14,17H2,1H3. The minimum Gasteiger partial charge on any atom is -0.487 e. The fourth-order valence-electron chi connectivity index (χ4n) is 3.79. The lowest BCUT2D eigenvalue weighted by molar-refractivity contribution is -0.143. The Balaban J connectivity index is 1.43. The number of nitrogens with zero attached hydrogens (tertiary/aromatic N) is 2. The molecule has 1 aliphatic rings. The Morgan fingerprint density at radius 2 is 1.94 bits per heavy atom. The molecule has 0 amide bonds. The molecule has 0 spiro atoms. The van der Waals surface area contributed by atoms with E-state index in [1.165, 1.54) is 12.1 Å². The summed E-state index contributed by atoms with van der Waals surface area (Å²) in [5.41, 5.74) is 4.01. The number of pyridine rings is 1. The summed E-state index contributed by atoms with van der Waals surface area (Å²) in [5.74, 6) is -0.0146. The molecule has 0 unspecified atom stereocenters. The Morgan fingerprint density at radius 1 is 1.15 bits per heavy atom. The van der Waals surface area contributed by atoms with E-state index in [-0.39, 0.29) is 30.2 Å². The number of carbonyl (C=O) groups is 1. The van der Waals surface area contributed by atoms with Gasteiger partial charge in [-0.1, -0.05) is 30.3 Å². The van der Waals surface area contributed by atoms with Crippen LogP contribution in [0.5, 0.6) is 5.75 Å². The van der Waals surface area contributed by atoms with Crippen LogP contribution in [0, 0.1) is 17.1 Å². The summed E-state index contributed by atoms with van der Waals surface area (Å²) in [6.45, 7) is 2.33. The predicted molar refractivity (Wildman–Crippen MR) is 122 cm³/mol. The van der Waals surface area contributed by atoms with Gasteiger partial charge in [0.1, 0.15) is 18.2 Å². The van der Waals surface area contributed by atoms with Gasteiger partial charge in [0.25, 0.3) is 0 Å². The molecule has 0 aliphatic heterocycles. The SMILES string of the molecule is CCOC(=O)CCc1ccc(OCc2cc(F)ccc2-c2ccc(C3(C#N)CC3)cc2)cn1. The zero-order valence-electron chi connectivity index (χ0n) is 18.5. The number of esters is 1. The number of carbonyl (C=O) groups excluding carboxylic acids is 1. The molecule has 0 radical (unpaired) electrons. The Morgan fingerprint density at radius 3 is 2.58 bits per heavy atom. The highest BCUT2D eigenvalue weighted by molar-refractivity contribution is 5.69. The first-order valence-corrected chi connectivity index (χ1v) is 11.1. The maximum atomic E-state index is 14.0. The highest BCUT2D eigenvalue weighted by Crippen LogP contribution is 2.47. The van der Waals surface area contributed by atoms with E-state index in [1.807, 2.05) is 30.3 Å². The molecule has 0 bridgehead atoms. The second kappa shape index (κ2) is 9.83. The van der Waals surface area contributed by atoms with Crippen molar-refractivity contribution in [2.24, 2.45) is 0 Å². The second-order valence-electron chi connectivity index (χ2n) is 8.15. The lowest BCUT2D eigenvalue weighted by atomic mass is 9.93. The van der Waals surface area contributed by atoms with E-state index in [9.17, 15) is 14.4 Å². The molecule has 4 rings (SSSR count). The summed E-state index contributed by atoms with van der Waals surface area (Å²) in [6, 6.07) is 18.6. The zero-order valence-corrected chi connectivity index (χ0v) is 18.5. The van der Waals surface area contributed by atoms with E-state index < -0.39 is 0 Å². The van der Waals surface area contributed by atoms with Crippen molar-refractivity contribution in [2.75, 3.05) is 6.61 Å². The number of hydrogen-bond donors (Lipinski definition) is 0. The Labute approximate surface area is 192 Å². The van der Waals surface area contributed by atoms with Gasteiger partial charge in [-0.15, -0.1) is 0 Å². The van der Waals surface area contributed by atoms with Crippen LogP contribution in [-0.2, 0) is 28.0 Å². The third-order valence-electron chi connectivity index (χ3n) is 5.86. The van der Waals surface area contributed by atoms with Crippen molar-refractivity contribution in [1.29, 1.82) is 5.26 Å². The van der Waals surface area contributed by atoms with Gasteiger partial charge in [-0.25, -0.2) is 4.39 Å². The van der Waals surface area contributed by atoms with Crippen molar-refractivity contribution in [1.82, 2.24) is 4.98 Å². The predicted octanol–water partition coefficient (Wildman–Crippen LogP) is 5.52. The molecule has 33 heavy (non-hydrogen) atoms. The topological polar surface area (TPSA) is 72.2 Å². The molecule has 3 aromatic rings. The van der Waals surface area contributed by atoms with Crippen LogP contribution in [0.15, 0.2) is 60.8 Å². The van der Waals surface area contributed by atoms with Crippen LogP contribution in [0.1, 0.15) is 43.0 Å². The Bertz CT molecular complexity index is 1160. The number of halogens is 1. The number of benzene rings is 2. The van der Waals surface area contributed by atoms with Crippen LogP contribution >= 0.6 is 0 Å². The normalized spacial score (nSPS) is 13.7. The van der Waals surface area contributed by atoms with Gasteiger partial charge in [0.05, 0.1) is 30.7 Å². The van der Waals surface area contributed by atoms with Crippen molar-refractivity contribution < 1.29 is 18.7 Å². The smallest absolute Gasteiger partial charge is 0.306 e. The van der Waals surface area contributed by atoms with Crippen LogP contribution in [0.4, 0.5) is 4.39 Å². The maximum absolute atomic E-state index is 14.0. The van der Waals surface area contributed by atoms with Crippen molar-refractivity contribution in [3.8, 4) is 22.9 Å². The van der Waals surface area contributed by atoms with Gasteiger partial charge >= 0.3 is 5.97 Å². The first kappa shape index (κ1) is 22.5. The minimum absolute atomic E-state index is 0.181. The number of aromatic nitrogens is 1. The molecule has 6 heteroatoms. The van der Waals surface area contributed by atoms with Gasteiger partial charge in [0.15, 0.2) is 0 Å². The highest BCUT2D eigenvalue weighted by Gasteiger charge is 2.44. The van der Waals surface area contributed by atoms with Gasteiger partial charge in [-0.2, -0.15) is 5.26 Å². The van der Waals surface area contributed by atoms with Crippen LogP contribution in [0.25, 0.3) is 11.1 Å². The molecule has 0 N–H and O–H groups in total. The molecule has 168 valence electrons. The number of hydrogen-bond acceptors (Lipinski definition) is 5. The third kappa shape index (κ3) is 5.38. The fourth-order valence-corrected chi connectivity index (χ4v) is 3.79. The van der Waals surface area contributed by atoms with Gasteiger partial charge in [0.2, 0.25) is 0 Å². The van der Waals surface area contributed by atoms with Crippen LogP contribution < -0.4 is 4.74 Å². The molecule has 1 aliphatic carbocycles. The molecule has 1 aromatic heterocycles. The summed E-state index contributed by atoms with van der Waals surface area (Å²) in [4.78, 5) is 15.8. The average Bonchev–Trinajstić information content (AvgIpc) is 3.64. The maximum Gasteiger partial charge on any atom is 0.306 e. The Kier molecular flexibility index (Phi) is 6.69. The van der Waals surface area contributed by atoms with Crippen LogP contribution in [0.2, 0.25) is 0 Å². The van der Waals surface area contributed by atoms with Gasteiger partial charge in [-0.3, -0.25) is 9.78 Å². The molecule has 5 nitrogen and oxygen atoms in total. The van der Waals surface area contributed by atoms with Gasteiger partial charge < -0.3 is 9.47 Å². The van der Waals surface area contributed by atoms with Gasteiger partial charge in [-0.05, 0) is 66.3 Å². The molecule has 0 saturated heterocycles. The average molecular weight is 445 g/mol. The lowest BCUT2D eigenvalue weighted by Crippen LogP contribution is -2.06. The molecule has 1 fully saturated rings. The molecular formula is C27H25FN2O3. The van der Waals surface area contributed by atoms with E-state index in [4.69, 9.17) is 9.47 Å². The summed E-state index contributed by atoms with van der Waals surface area (Å²) in [5, 5.41) is 9.41. The molecular weight excluding hydrogens is 419 g/mol. The number of nitriles is 1. The number of ether oxygens (including phenoxy) is 2. The second-order valence-corrected chi connectivity index (χ2v) is 8.15. The van der Waals surface area contributed by atoms with E-state index in [0.29, 0.717) is 18.8 Å². The Hall–Kier alpha value is -3.72. The number of rotatable bonds is 9. The quantitative estimate of drug-likeness (QED) is 0.407. The largest absolute Gasteiger partial charge is 0.487 e. The molecule has 2 aromatic carbocycles. The van der Waals surface area contributed by atoms with Crippen LogP contribution in [0.3, 0.4) is 0 Å². The van der Waals surface area contributed by atoms with E-state index in [2.05, 4.69) is 11.1 Å². The zero-order chi connectivity index (χ0) is 23.3. The number of aryl methyl sites for hydroxylation is 1.